The number of hydrogen-bond donors (Lipinski definition) is 1. The number of aromatic nitrogens is 1. The average Bonchev–Trinajstić information content (AvgIpc) is 2.74. The number of rotatable bonds is 5. The van der Waals surface area contributed by atoms with Gasteiger partial charge in [-0.2, -0.15) is 0 Å². The van der Waals surface area contributed by atoms with E-state index in [1.54, 1.807) is 12.4 Å². The molecule has 1 aromatic heterocycles. The lowest BCUT2D eigenvalue weighted by atomic mass is 9.80. The van der Waals surface area contributed by atoms with E-state index in [0.717, 1.165) is 24.2 Å². The highest BCUT2D eigenvalue weighted by Gasteiger charge is 2.41. The maximum absolute atomic E-state index is 11.0. The van der Waals surface area contributed by atoms with Gasteiger partial charge in [-0.15, -0.1) is 0 Å². The van der Waals surface area contributed by atoms with E-state index in [2.05, 4.69) is 24.0 Å². The predicted molar refractivity (Wildman–Crippen MR) is 84.5 cm³/mol. The molecule has 0 amide bonds. The van der Waals surface area contributed by atoms with Crippen LogP contribution in [0.5, 0.6) is 5.75 Å². The van der Waals surface area contributed by atoms with Crippen molar-refractivity contribution < 1.29 is 9.84 Å². The molecule has 4 heteroatoms. The molecule has 0 aromatic carbocycles. The number of aliphatic hydroxyl groups is 1. The third-order valence-electron chi connectivity index (χ3n) is 4.73. The number of ether oxygens (including phenoxy) is 1. The van der Waals surface area contributed by atoms with Gasteiger partial charge in [0.05, 0.1) is 24.4 Å². The van der Waals surface area contributed by atoms with E-state index >= 15 is 0 Å². The minimum absolute atomic E-state index is 0.191. The van der Waals surface area contributed by atoms with Crippen LogP contribution in [0.4, 0.5) is 0 Å². The van der Waals surface area contributed by atoms with Gasteiger partial charge in [0.1, 0.15) is 5.75 Å². The Kier molecular flexibility index (Phi) is 5.59. The molecule has 1 aliphatic carbocycles. The van der Waals surface area contributed by atoms with Crippen LogP contribution in [0.2, 0.25) is 0 Å². The number of nitrogens with zero attached hydrogens (tertiary/aromatic N) is 2. The fraction of sp³-hybridized carbons (Fsp3) is 0.706. The number of likely N-dealkylation sites (N-methyl/N-ethyl adjacent to an activating group) is 1. The van der Waals surface area contributed by atoms with Crippen molar-refractivity contribution in [1.29, 1.82) is 0 Å². The zero-order valence-corrected chi connectivity index (χ0v) is 13.5. The van der Waals surface area contributed by atoms with Crippen molar-refractivity contribution in [3.8, 4) is 5.75 Å². The Hall–Kier alpha value is -1.13. The number of pyridine rings is 1. The Morgan fingerprint density at radius 1 is 1.24 bits per heavy atom. The molecule has 118 valence electrons. The molecule has 1 aromatic rings. The smallest absolute Gasteiger partial charge is 0.137 e. The van der Waals surface area contributed by atoms with Crippen molar-refractivity contribution in [2.45, 2.75) is 57.1 Å². The van der Waals surface area contributed by atoms with Crippen LogP contribution in [0.15, 0.2) is 18.5 Å². The zero-order valence-electron chi connectivity index (χ0n) is 13.5. The molecular formula is C17H28N2O2. The lowest BCUT2D eigenvalue weighted by molar-refractivity contribution is -0.0201. The van der Waals surface area contributed by atoms with Gasteiger partial charge in [-0.1, -0.05) is 25.7 Å². The van der Waals surface area contributed by atoms with Crippen LogP contribution in [-0.2, 0) is 0 Å². The molecule has 1 N–H and O–H groups in total. The first kappa shape index (κ1) is 16.2. The summed E-state index contributed by atoms with van der Waals surface area (Å²) in [5, 5.41) is 11.0. The first-order valence-corrected chi connectivity index (χ1v) is 8.03. The van der Waals surface area contributed by atoms with E-state index < -0.39 is 6.10 Å². The van der Waals surface area contributed by atoms with Crippen LogP contribution in [0, 0.1) is 0 Å². The molecule has 0 radical (unpaired) electrons. The molecule has 2 rings (SSSR count). The van der Waals surface area contributed by atoms with Crippen molar-refractivity contribution in [2.24, 2.45) is 0 Å². The Morgan fingerprint density at radius 2 is 1.90 bits per heavy atom. The predicted octanol–water partition coefficient (Wildman–Crippen LogP) is 3.17. The molecule has 1 atom stereocenters. The van der Waals surface area contributed by atoms with Crippen LogP contribution < -0.4 is 4.74 Å². The molecule has 1 aliphatic rings. The second-order valence-electron chi connectivity index (χ2n) is 6.20. The van der Waals surface area contributed by atoms with Crippen molar-refractivity contribution in [3.63, 3.8) is 0 Å². The molecule has 21 heavy (non-hydrogen) atoms. The van der Waals surface area contributed by atoms with Gasteiger partial charge in [0.2, 0.25) is 0 Å². The fourth-order valence-corrected chi connectivity index (χ4v) is 3.45. The summed E-state index contributed by atoms with van der Waals surface area (Å²) in [6, 6.07) is 1.93. The summed E-state index contributed by atoms with van der Waals surface area (Å²) in [6.45, 7) is 2.57. The Bertz CT molecular complexity index is 440. The van der Waals surface area contributed by atoms with Gasteiger partial charge in [0.15, 0.2) is 0 Å². The van der Waals surface area contributed by atoms with Crippen LogP contribution in [0.1, 0.15) is 57.1 Å². The Labute approximate surface area is 128 Å². The minimum Gasteiger partial charge on any atom is -0.492 e. The monoisotopic (exact) mass is 292 g/mol. The van der Waals surface area contributed by atoms with E-state index in [0.29, 0.717) is 6.61 Å². The molecule has 1 saturated carbocycles. The van der Waals surface area contributed by atoms with Gasteiger partial charge in [-0.05, 0) is 39.9 Å². The van der Waals surface area contributed by atoms with E-state index in [9.17, 15) is 5.11 Å². The van der Waals surface area contributed by atoms with Gasteiger partial charge < -0.3 is 14.7 Å². The first-order chi connectivity index (χ1) is 10.1. The third-order valence-corrected chi connectivity index (χ3v) is 4.73. The average molecular weight is 292 g/mol. The molecule has 0 aliphatic heterocycles. The summed E-state index contributed by atoms with van der Waals surface area (Å²) in [7, 11) is 4.16. The highest BCUT2D eigenvalue weighted by atomic mass is 16.5. The van der Waals surface area contributed by atoms with Gasteiger partial charge in [-0.25, -0.2) is 0 Å². The van der Waals surface area contributed by atoms with Crippen LogP contribution >= 0.6 is 0 Å². The molecule has 0 saturated heterocycles. The molecular weight excluding hydrogens is 264 g/mol. The molecule has 0 bridgehead atoms. The molecule has 1 unspecified atom stereocenters. The van der Waals surface area contributed by atoms with E-state index in [1.165, 1.54) is 25.7 Å². The van der Waals surface area contributed by atoms with Crippen LogP contribution in [0.25, 0.3) is 0 Å². The van der Waals surface area contributed by atoms with Crippen molar-refractivity contribution >= 4 is 0 Å². The summed E-state index contributed by atoms with van der Waals surface area (Å²) in [5.74, 6) is 0.733. The highest BCUT2D eigenvalue weighted by Crippen LogP contribution is 2.41. The minimum atomic E-state index is -0.529. The second-order valence-corrected chi connectivity index (χ2v) is 6.20. The third kappa shape index (κ3) is 3.55. The first-order valence-electron chi connectivity index (χ1n) is 8.03. The topological polar surface area (TPSA) is 45.6 Å². The Morgan fingerprint density at radius 3 is 2.48 bits per heavy atom. The van der Waals surface area contributed by atoms with Crippen molar-refractivity contribution in [3.05, 3.63) is 24.0 Å². The summed E-state index contributed by atoms with van der Waals surface area (Å²) < 4.78 is 5.51. The summed E-state index contributed by atoms with van der Waals surface area (Å²) in [4.78, 5) is 6.43. The van der Waals surface area contributed by atoms with Gasteiger partial charge in [0, 0.05) is 11.8 Å². The van der Waals surface area contributed by atoms with Gasteiger partial charge in [0.25, 0.3) is 0 Å². The zero-order chi connectivity index (χ0) is 15.3. The highest BCUT2D eigenvalue weighted by molar-refractivity contribution is 5.27. The molecule has 1 heterocycles. The standard InChI is InChI=1S/C17H28N2O2/c1-4-21-15-11-14(12-18-13-15)16(20)17(19(2)3)9-7-5-6-8-10-17/h11-13,16,20H,4-10H2,1-3H3. The van der Waals surface area contributed by atoms with Crippen LogP contribution in [0.3, 0.4) is 0 Å². The van der Waals surface area contributed by atoms with Gasteiger partial charge in [-0.3, -0.25) is 4.98 Å². The Balaban J connectivity index is 2.29. The van der Waals surface area contributed by atoms with E-state index in [-0.39, 0.29) is 5.54 Å². The largest absolute Gasteiger partial charge is 0.492 e. The van der Waals surface area contributed by atoms with Gasteiger partial charge >= 0.3 is 0 Å². The van der Waals surface area contributed by atoms with Crippen LogP contribution in [-0.4, -0.2) is 41.2 Å². The summed E-state index contributed by atoms with van der Waals surface area (Å²) >= 11 is 0. The van der Waals surface area contributed by atoms with E-state index in [4.69, 9.17) is 4.74 Å². The molecule has 1 fully saturated rings. The lowest BCUT2D eigenvalue weighted by Crippen LogP contribution is -2.49. The quantitative estimate of drug-likeness (QED) is 0.847. The van der Waals surface area contributed by atoms with Crippen molar-refractivity contribution in [1.82, 2.24) is 9.88 Å². The molecule has 0 spiro atoms. The number of aliphatic hydroxyl groups excluding tert-OH is 1. The maximum Gasteiger partial charge on any atom is 0.137 e. The SMILES string of the molecule is CCOc1cncc(C(O)C2(N(C)C)CCCCCC2)c1. The fourth-order valence-electron chi connectivity index (χ4n) is 3.45. The van der Waals surface area contributed by atoms with Crippen molar-refractivity contribution in [2.75, 3.05) is 20.7 Å². The number of hydrogen-bond acceptors (Lipinski definition) is 4. The normalized spacial score (nSPS) is 20.0. The summed E-state index contributed by atoms with van der Waals surface area (Å²) in [6.07, 6.45) is 9.87. The van der Waals surface area contributed by atoms with E-state index in [1.807, 2.05) is 13.0 Å². The maximum atomic E-state index is 11.0. The molecule has 4 nitrogen and oxygen atoms in total. The summed E-state index contributed by atoms with van der Waals surface area (Å²) in [5.41, 5.74) is 0.666. The lowest BCUT2D eigenvalue weighted by Gasteiger charge is -2.43. The second kappa shape index (κ2) is 7.23.